The predicted octanol–water partition coefficient (Wildman–Crippen LogP) is 1.36. The summed E-state index contributed by atoms with van der Waals surface area (Å²) in [6.07, 6.45) is 2.73. The Morgan fingerprint density at radius 2 is 1.90 bits per heavy atom. The molecule has 3 N–H and O–H groups in total. The van der Waals surface area contributed by atoms with Gasteiger partial charge in [0.05, 0.1) is 17.3 Å². The Labute approximate surface area is 121 Å². The second-order valence-corrected chi connectivity index (χ2v) is 5.69. The van der Waals surface area contributed by atoms with Crippen LogP contribution in [-0.2, 0) is 5.41 Å². The van der Waals surface area contributed by atoms with Crippen LogP contribution in [0.2, 0.25) is 0 Å². The number of pyridine rings is 1. The van der Waals surface area contributed by atoms with Crippen LogP contribution >= 0.6 is 0 Å². The highest BCUT2D eigenvalue weighted by atomic mass is 16.4. The molecule has 1 amide bonds. The summed E-state index contributed by atoms with van der Waals surface area (Å²) < 4.78 is 1.34. The summed E-state index contributed by atoms with van der Waals surface area (Å²) in [5.41, 5.74) is 5.82. The quantitative estimate of drug-likeness (QED) is 0.885. The summed E-state index contributed by atoms with van der Waals surface area (Å²) in [6.45, 7) is 5.80. The van der Waals surface area contributed by atoms with Crippen molar-refractivity contribution in [3.8, 4) is 5.82 Å². The fourth-order valence-electron chi connectivity index (χ4n) is 1.72. The highest BCUT2D eigenvalue weighted by Crippen LogP contribution is 2.23. The molecule has 2 aromatic heterocycles. The van der Waals surface area contributed by atoms with E-state index >= 15 is 0 Å². The van der Waals surface area contributed by atoms with Crippen molar-refractivity contribution in [3.63, 3.8) is 0 Å². The SMILES string of the molecule is CC(C)(C)c1cc(C(=O)O)cc(-n2cc(C(N)=O)cn2)n1. The fourth-order valence-corrected chi connectivity index (χ4v) is 1.72. The largest absolute Gasteiger partial charge is 0.478 e. The molecule has 7 nitrogen and oxygen atoms in total. The van der Waals surface area contributed by atoms with Gasteiger partial charge in [-0.05, 0) is 12.1 Å². The number of carboxylic acid groups (broad SMARTS) is 1. The van der Waals surface area contributed by atoms with Crippen LogP contribution in [-0.4, -0.2) is 31.7 Å². The van der Waals surface area contributed by atoms with Gasteiger partial charge in [-0.2, -0.15) is 5.10 Å². The standard InChI is InChI=1S/C14H16N4O3/c1-14(2,3)10-4-8(13(20)21)5-11(17-10)18-7-9(6-16-18)12(15)19/h4-7H,1-3H3,(H2,15,19)(H,20,21). The molecule has 0 spiro atoms. The van der Waals surface area contributed by atoms with Crippen molar-refractivity contribution >= 4 is 11.9 Å². The molecule has 0 aliphatic rings. The number of primary amides is 1. The molecule has 0 unspecified atom stereocenters. The Hall–Kier alpha value is -2.70. The van der Waals surface area contributed by atoms with Gasteiger partial charge in [-0.3, -0.25) is 4.79 Å². The molecule has 110 valence electrons. The Morgan fingerprint density at radius 3 is 2.38 bits per heavy atom. The summed E-state index contributed by atoms with van der Waals surface area (Å²) >= 11 is 0. The maximum atomic E-state index is 11.2. The van der Waals surface area contributed by atoms with E-state index in [1.807, 2.05) is 20.8 Å². The van der Waals surface area contributed by atoms with Crippen LogP contribution in [0.3, 0.4) is 0 Å². The lowest BCUT2D eigenvalue weighted by molar-refractivity contribution is 0.0696. The van der Waals surface area contributed by atoms with Gasteiger partial charge in [0, 0.05) is 17.3 Å². The normalized spacial score (nSPS) is 11.4. The lowest BCUT2D eigenvalue weighted by Gasteiger charge is -2.19. The van der Waals surface area contributed by atoms with Gasteiger partial charge in [0.25, 0.3) is 5.91 Å². The van der Waals surface area contributed by atoms with Crippen LogP contribution in [0.15, 0.2) is 24.5 Å². The molecule has 2 heterocycles. The van der Waals surface area contributed by atoms with Crippen molar-refractivity contribution in [2.75, 3.05) is 0 Å². The molecule has 0 bridgehead atoms. The van der Waals surface area contributed by atoms with E-state index < -0.39 is 11.9 Å². The first-order valence-electron chi connectivity index (χ1n) is 6.29. The van der Waals surface area contributed by atoms with Crippen LogP contribution in [0, 0.1) is 0 Å². The molecule has 0 radical (unpaired) electrons. The number of carbonyl (C=O) groups is 2. The number of carbonyl (C=O) groups excluding carboxylic acids is 1. The molecule has 0 aliphatic carbocycles. The molecule has 0 saturated heterocycles. The topological polar surface area (TPSA) is 111 Å². The second kappa shape index (κ2) is 5.01. The Bertz CT molecular complexity index is 713. The van der Waals surface area contributed by atoms with Gasteiger partial charge in [0.1, 0.15) is 0 Å². The number of hydrogen-bond donors (Lipinski definition) is 2. The molecule has 0 aromatic carbocycles. The van der Waals surface area contributed by atoms with E-state index in [1.165, 1.54) is 29.2 Å². The molecular weight excluding hydrogens is 272 g/mol. The van der Waals surface area contributed by atoms with Gasteiger partial charge in [0.15, 0.2) is 5.82 Å². The molecule has 0 saturated carbocycles. The van der Waals surface area contributed by atoms with Crippen molar-refractivity contribution in [1.29, 1.82) is 0 Å². The fraction of sp³-hybridized carbons (Fsp3) is 0.286. The number of nitrogens with zero attached hydrogens (tertiary/aromatic N) is 3. The third kappa shape index (κ3) is 3.07. The zero-order valence-electron chi connectivity index (χ0n) is 12.0. The van der Waals surface area contributed by atoms with Gasteiger partial charge < -0.3 is 10.8 Å². The highest BCUT2D eigenvalue weighted by Gasteiger charge is 2.20. The summed E-state index contributed by atoms with van der Waals surface area (Å²) in [5.74, 6) is -1.33. The summed E-state index contributed by atoms with van der Waals surface area (Å²) in [5, 5.41) is 13.2. The minimum Gasteiger partial charge on any atom is -0.478 e. The molecular formula is C14H16N4O3. The maximum absolute atomic E-state index is 11.2. The van der Waals surface area contributed by atoms with E-state index in [1.54, 1.807) is 0 Å². The number of hydrogen-bond acceptors (Lipinski definition) is 4. The molecule has 21 heavy (non-hydrogen) atoms. The van der Waals surface area contributed by atoms with Crippen molar-refractivity contribution < 1.29 is 14.7 Å². The van der Waals surface area contributed by atoms with Gasteiger partial charge in [0.2, 0.25) is 0 Å². The van der Waals surface area contributed by atoms with Crippen LogP contribution in [0.1, 0.15) is 47.2 Å². The Kier molecular flexibility index (Phi) is 3.51. The smallest absolute Gasteiger partial charge is 0.335 e. The van der Waals surface area contributed by atoms with Crippen molar-refractivity contribution in [3.05, 3.63) is 41.3 Å². The lowest BCUT2D eigenvalue weighted by Crippen LogP contribution is -2.17. The number of carboxylic acids is 1. The van der Waals surface area contributed by atoms with Crippen molar-refractivity contribution in [2.24, 2.45) is 5.73 Å². The number of amides is 1. The Balaban J connectivity index is 2.59. The lowest BCUT2D eigenvalue weighted by atomic mass is 9.91. The Morgan fingerprint density at radius 1 is 1.24 bits per heavy atom. The van der Waals surface area contributed by atoms with Gasteiger partial charge in [-0.25, -0.2) is 14.5 Å². The predicted molar refractivity (Wildman–Crippen MR) is 75.5 cm³/mol. The molecule has 0 aliphatic heterocycles. The van der Waals surface area contributed by atoms with E-state index in [9.17, 15) is 14.7 Å². The van der Waals surface area contributed by atoms with Gasteiger partial charge in [-0.1, -0.05) is 20.8 Å². The van der Waals surface area contributed by atoms with Crippen molar-refractivity contribution in [1.82, 2.24) is 14.8 Å². The average Bonchev–Trinajstić information content (AvgIpc) is 2.86. The highest BCUT2D eigenvalue weighted by molar-refractivity contribution is 5.92. The van der Waals surface area contributed by atoms with E-state index in [4.69, 9.17) is 5.73 Å². The third-order valence-electron chi connectivity index (χ3n) is 2.93. The van der Waals surface area contributed by atoms with E-state index in [0.717, 1.165) is 0 Å². The molecule has 2 aromatic rings. The molecule has 2 rings (SSSR count). The minimum absolute atomic E-state index is 0.112. The summed E-state index contributed by atoms with van der Waals surface area (Å²) in [6, 6.07) is 2.93. The van der Waals surface area contributed by atoms with Crippen LogP contribution in [0.4, 0.5) is 0 Å². The third-order valence-corrected chi connectivity index (χ3v) is 2.93. The number of nitrogens with two attached hydrogens (primary N) is 1. The molecule has 0 atom stereocenters. The summed E-state index contributed by atoms with van der Waals surface area (Å²) in [7, 11) is 0. The maximum Gasteiger partial charge on any atom is 0.335 e. The van der Waals surface area contributed by atoms with Crippen LogP contribution in [0.25, 0.3) is 5.82 Å². The van der Waals surface area contributed by atoms with E-state index in [2.05, 4.69) is 10.1 Å². The number of aromatic nitrogens is 3. The monoisotopic (exact) mass is 288 g/mol. The molecule has 0 fully saturated rings. The minimum atomic E-state index is -1.05. The van der Waals surface area contributed by atoms with Gasteiger partial charge in [-0.15, -0.1) is 0 Å². The number of rotatable bonds is 3. The first kappa shape index (κ1) is 14.7. The first-order chi connectivity index (χ1) is 9.68. The van der Waals surface area contributed by atoms with Crippen LogP contribution in [0.5, 0.6) is 0 Å². The first-order valence-corrected chi connectivity index (χ1v) is 6.29. The van der Waals surface area contributed by atoms with E-state index in [-0.39, 0.29) is 16.5 Å². The molecule has 7 heteroatoms. The van der Waals surface area contributed by atoms with Crippen LogP contribution < -0.4 is 5.73 Å². The summed E-state index contributed by atoms with van der Waals surface area (Å²) in [4.78, 5) is 26.8. The zero-order valence-corrected chi connectivity index (χ0v) is 12.0. The van der Waals surface area contributed by atoms with Gasteiger partial charge >= 0.3 is 5.97 Å². The zero-order chi connectivity index (χ0) is 15.8. The second-order valence-electron chi connectivity index (χ2n) is 5.69. The van der Waals surface area contributed by atoms with Crippen molar-refractivity contribution in [2.45, 2.75) is 26.2 Å². The average molecular weight is 288 g/mol. The number of aromatic carboxylic acids is 1. The van der Waals surface area contributed by atoms with E-state index in [0.29, 0.717) is 11.5 Å².